The van der Waals surface area contributed by atoms with Crippen molar-refractivity contribution >= 4 is 16.7 Å². The molecule has 1 heterocycles. The number of carbonyl (C=O) groups excluding carboxylic acids is 1. The van der Waals surface area contributed by atoms with Gasteiger partial charge in [0, 0.05) is 24.4 Å². The quantitative estimate of drug-likeness (QED) is 0.786. The average molecular weight is 307 g/mol. The van der Waals surface area contributed by atoms with Crippen molar-refractivity contribution in [1.29, 1.82) is 0 Å². The average Bonchev–Trinajstić information content (AvgIpc) is 3.26. The second-order valence-electron chi connectivity index (χ2n) is 5.88. The molecule has 5 heteroatoms. The number of hydrogen-bond acceptors (Lipinski definition) is 4. The van der Waals surface area contributed by atoms with Gasteiger partial charge in [-0.2, -0.15) is 4.98 Å². The zero-order valence-electron chi connectivity index (χ0n) is 12.7. The molecule has 0 saturated heterocycles. The number of carbonyl (C=O) groups is 1. The molecule has 0 unspecified atom stereocenters. The minimum Gasteiger partial charge on any atom is -0.353 e. The first-order valence-corrected chi connectivity index (χ1v) is 7.90. The van der Waals surface area contributed by atoms with E-state index >= 15 is 0 Å². The number of aromatic nitrogens is 2. The van der Waals surface area contributed by atoms with Gasteiger partial charge in [0.05, 0.1) is 0 Å². The number of nitrogens with zero attached hydrogens (tertiary/aromatic N) is 2. The summed E-state index contributed by atoms with van der Waals surface area (Å²) in [7, 11) is 0. The molecule has 1 saturated carbocycles. The van der Waals surface area contributed by atoms with Crippen LogP contribution >= 0.6 is 0 Å². The number of amides is 1. The van der Waals surface area contributed by atoms with Gasteiger partial charge in [0.25, 0.3) is 0 Å². The molecule has 1 N–H and O–H groups in total. The van der Waals surface area contributed by atoms with E-state index in [1.165, 1.54) is 0 Å². The second-order valence-corrected chi connectivity index (χ2v) is 5.88. The monoisotopic (exact) mass is 307 g/mol. The van der Waals surface area contributed by atoms with Gasteiger partial charge in [-0.3, -0.25) is 4.79 Å². The molecule has 0 spiro atoms. The lowest BCUT2D eigenvalue weighted by molar-refractivity contribution is -0.121. The summed E-state index contributed by atoms with van der Waals surface area (Å²) in [5, 5.41) is 9.26. The Labute approximate surface area is 133 Å². The topological polar surface area (TPSA) is 68.0 Å². The van der Waals surface area contributed by atoms with Crippen LogP contribution in [0.4, 0.5) is 0 Å². The van der Waals surface area contributed by atoms with E-state index in [-0.39, 0.29) is 5.91 Å². The Morgan fingerprint density at radius 1 is 1.17 bits per heavy atom. The fraction of sp³-hybridized carbons (Fsp3) is 0.278. The van der Waals surface area contributed by atoms with Crippen molar-refractivity contribution in [2.24, 2.45) is 0 Å². The molecule has 1 aliphatic carbocycles. The predicted molar refractivity (Wildman–Crippen MR) is 86.7 cm³/mol. The number of benzene rings is 2. The zero-order chi connectivity index (χ0) is 15.6. The lowest BCUT2D eigenvalue weighted by Crippen LogP contribution is -2.25. The standard InChI is InChI=1S/C18H17N3O2/c22-16(19-13-8-9-13)10-11-17-20-18(21-23-17)15-7-3-5-12-4-1-2-6-14(12)15/h1-7,13H,8-11H2,(H,19,22). The van der Waals surface area contributed by atoms with Crippen molar-refractivity contribution in [3.05, 3.63) is 48.4 Å². The molecule has 1 amide bonds. The van der Waals surface area contributed by atoms with Crippen molar-refractivity contribution in [3.8, 4) is 11.4 Å². The summed E-state index contributed by atoms with van der Waals surface area (Å²) >= 11 is 0. The second kappa shape index (κ2) is 5.83. The third kappa shape index (κ3) is 3.08. The predicted octanol–water partition coefficient (Wildman–Crippen LogP) is 3.10. The van der Waals surface area contributed by atoms with Crippen LogP contribution in [0.5, 0.6) is 0 Å². The van der Waals surface area contributed by atoms with E-state index in [0.717, 1.165) is 29.2 Å². The minimum absolute atomic E-state index is 0.0532. The van der Waals surface area contributed by atoms with Gasteiger partial charge in [-0.05, 0) is 23.6 Å². The molecule has 3 aromatic rings. The van der Waals surface area contributed by atoms with E-state index in [2.05, 4.69) is 27.6 Å². The van der Waals surface area contributed by atoms with Crippen LogP contribution in [0.2, 0.25) is 0 Å². The van der Waals surface area contributed by atoms with E-state index in [0.29, 0.717) is 30.6 Å². The van der Waals surface area contributed by atoms with Gasteiger partial charge in [-0.1, -0.05) is 47.6 Å². The Morgan fingerprint density at radius 2 is 2.00 bits per heavy atom. The van der Waals surface area contributed by atoms with Gasteiger partial charge in [-0.15, -0.1) is 0 Å². The van der Waals surface area contributed by atoms with Crippen LogP contribution in [0.3, 0.4) is 0 Å². The van der Waals surface area contributed by atoms with Crippen molar-refractivity contribution in [2.45, 2.75) is 31.7 Å². The molecule has 0 radical (unpaired) electrons. The summed E-state index contributed by atoms with van der Waals surface area (Å²) in [6.07, 6.45) is 3.04. The number of hydrogen-bond donors (Lipinski definition) is 1. The summed E-state index contributed by atoms with van der Waals surface area (Å²) in [6, 6.07) is 14.5. The fourth-order valence-corrected chi connectivity index (χ4v) is 2.63. The van der Waals surface area contributed by atoms with Gasteiger partial charge in [0.15, 0.2) is 0 Å². The maximum Gasteiger partial charge on any atom is 0.227 e. The van der Waals surface area contributed by atoms with Gasteiger partial charge < -0.3 is 9.84 Å². The van der Waals surface area contributed by atoms with Crippen molar-refractivity contribution < 1.29 is 9.32 Å². The summed E-state index contributed by atoms with van der Waals surface area (Å²) in [5.74, 6) is 1.12. The summed E-state index contributed by atoms with van der Waals surface area (Å²) < 4.78 is 5.30. The van der Waals surface area contributed by atoms with Crippen LogP contribution in [0.15, 0.2) is 47.0 Å². The molecule has 23 heavy (non-hydrogen) atoms. The van der Waals surface area contributed by atoms with Crippen LogP contribution in [-0.4, -0.2) is 22.1 Å². The van der Waals surface area contributed by atoms with Crippen LogP contribution in [-0.2, 0) is 11.2 Å². The first-order valence-electron chi connectivity index (χ1n) is 7.90. The van der Waals surface area contributed by atoms with Crippen molar-refractivity contribution in [3.63, 3.8) is 0 Å². The molecule has 1 aromatic heterocycles. The Morgan fingerprint density at radius 3 is 2.87 bits per heavy atom. The van der Waals surface area contributed by atoms with E-state index in [4.69, 9.17) is 4.52 Å². The maximum absolute atomic E-state index is 11.7. The Balaban J connectivity index is 1.51. The third-order valence-corrected chi connectivity index (χ3v) is 4.01. The SMILES string of the molecule is O=C(CCc1nc(-c2cccc3ccccc23)no1)NC1CC1. The molecule has 0 aliphatic heterocycles. The van der Waals surface area contributed by atoms with Crippen LogP contribution in [0.1, 0.15) is 25.2 Å². The summed E-state index contributed by atoms with van der Waals surface area (Å²) in [5.41, 5.74) is 0.945. The van der Waals surface area contributed by atoms with Crippen LogP contribution in [0.25, 0.3) is 22.2 Å². The minimum atomic E-state index is 0.0532. The van der Waals surface area contributed by atoms with Crippen molar-refractivity contribution in [2.75, 3.05) is 0 Å². The molecular weight excluding hydrogens is 290 g/mol. The highest BCUT2D eigenvalue weighted by Gasteiger charge is 2.23. The largest absolute Gasteiger partial charge is 0.353 e. The molecule has 1 fully saturated rings. The lowest BCUT2D eigenvalue weighted by Gasteiger charge is -2.01. The molecule has 116 valence electrons. The van der Waals surface area contributed by atoms with Gasteiger partial charge in [0.2, 0.25) is 17.6 Å². The lowest BCUT2D eigenvalue weighted by atomic mass is 10.0. The van der Waals surface area contributed by atoms with Gasteiger partial charge in [-0.25, -0.2) is 0 Å². The third-order valence-electron chi connectivity index (χ3n) is 4.01. The van der Waals surface area contributed by atoms with Crippen LogP contribution in [0, 0.1) is 0 Å². The van der Waals surface area contributed by atoms with Crippen molar-refractivity contribution in [1.82, 2.24) is 15.5 Å². The smallest absolute Gasteiger partial charge is 0.227 e. The number of rotatable bonds is 5. The highest BCUT2D eigenvalue weighted by atomic mass is 16.5. The fourth-order valence-electron chi connectivity index (χ4n) is 2.63. The molecule has 2 aromatic carbocycles. The Hall–Kier alpha value is -2.69. The summed E-state index contributed by atoms with van der Waals surface area (Å²) in [4.78, 5) is 16.2. The maximum atomic E-state index is 11.7. The van der Waals surface area contributed by atoms with Gasteiger partial charge >= 0.3 is 0 Å². The molecule has 5 nitrogen and oxygen atoms in total. The zero-order valence-corrected chi connectivity index (χ0v) is 12.7. The first-order chi connectivity index (χ1) is 11.3. The van der Waals surface area contributed by atoms with E-state index in [1.807, 2.05) is 30.3 Å². The Kier molecular flexibility index (Phi) is 3.54. The highest BCUT2D eigenvalue weighted by molar-refractivity contribution is 5.94. The van der Waals surface area contributed by atoms with E-state index in [1.54, 1.807) is 0 Å². The summed E-state index contributed by atoms with van der Waals surface area (Å²) in [6.45, 7) is 0. The normalized spacial score (nSPS) is 14.1. The molecule has 0 bridgehead atoms. The highest BCUT2D eigenvalue weighted by Crippen LogP contribution is 2.26. The first kappa shape index (κ1) is 13.9. The molecular formula is C18H17N3O2. The number of fused-ring (bicyclic) bond motifs is 1. The van der Waals surface area contributed by atoms with Crippen LogP contribution < -0.4 is 5.32 Å². The molecule has 0 atom stereocenters. The van der Waals surface area contributed by atoms with E-state index in [9.17, 15) is 4.79 Å². The molecule has 1 aliphatic rings. The number of aryl methyl sites for hydroxylation is 1. The Bertz CT molecular complexity index is 847. The molecule has 4 rings (SSSR count). The van der Waals surface area contributed by atoms with E-state index < -0.39 is 0 Å². The van der Waals surface area contributed by atoms with Gasteiger partial charge in [0.1, 0.15) is 0 Å². The number of nitrogens with one attached hydrogen (secondary N) is 1.